The molecule has 110 valence electrons. The minimum atomic E-state index is -0.338. The highest BCUT2D eigenvalue weighted by Crippen LogP contribution is 2.15. The maximum atomic E-state index is 12.3. The van der Waals surface area contributed by atoms with Crippen LogP contribution in [0.2, 0.25) is 0 Å². The summed E-state index contributed by atoms with van der Waals surface area (Å²) >= 11 is 0. The zero-order valence-corrected chi connectivity index (χ0v) is 11.5. The van der Waals surface area contributed by atoms with E-state index in [1.165, 1.54) is 13.4 Å². The first-order chi connectivity index (χ1) is 9.70. The van der Waals surface area contributed by atoms with Crippen LogP contribution in [-0.4, -0.2) is 49.7 Å². The number of carbonyl (C=O) groups is 2. The van der Waals surface area contributed by atoms with Crippen molar-refractivity contribution in [3.8, 4) is 0 Å². The van der Waals surface area contributed by atoms with Gasteiger partial charge in [0.05, 0.1) is 25.9 Å². The third kappa shape index (κ3) is 3.84. The number of rotatable bonds is 6. The molecule has 0 radical (unpaired) electrons. The van der Waals surface area contributed by atoms with Crippen LogP contribution in [0, 0.1) is 0 Å². The van der Waals surface area contributed by atoms with Crippen molar-refractivity contribution < 1.29 is 23.5 Å². The normalized spacial score (nSPS) is 17.9. The fraction of sp³-hybridized carbons (Fsp3) is 0.571. The molecule has 1 aromatic heterocycles. The molecule has 6 heteroatoms. The van der Waals surface area contributed by atoms with Crippen LogP contribution in [0.15, 0.2) is 22.8 Å². The number of ether oxygens (including phenoxy) is 2. The standard InChI is InChI=1S/C14H19NO5/c1-18-13(16)6-7-15(10-11-4-2-8-19-11)14(17)12-5-3-9-20-12/h3,5,9,11H,2,4,6-8,10H2,1H3. The molecule has 20 heavy (non-hydrogen) atoms. The van der Waals surface area contributed by atoms with E-state index in [4.69, 9.17) is 9.15 Å². The molecular formula is C14H19NO5. The summed E-state index contributed by atoms with van der Waals surface area (Å²) in [6, 6.07) is 3.28. The Morgan fingerprint density at radius 3 is 2.95 bits per heavy atom. The summed E-state index contributed by atoms with van der Waals surface area (Å²) in [5.41, 5.74) is 0. The van der Waals surface area contributed by atoms with Crippen molar-refractivity contribution in [2.45, 2.75) is 25.4 Å². The molecule has 1 aromatic rings. The van der Waals surface area contributed by atoms with E-state index in [9.17, 15) is 9.59 Å². The van der Waals surface area contributed by atoms with Crippen molar-refractivity contribution in [2.75, 3.05) is 26.8 Å². The van der Waals surface area contributed by atoms with Crippen LogP contribution >= 0.6 is 0 Å². The molecule has 0 aliphatic carbocycles. The van der Waals surface area contributed by atoms with Crippen LogP contribution in [-0.2, 0) is 14.3 Å². The fourth-order valence-corrected chi connectivity index (χ4v) is 2.19. The van der Waals surface area contributed by atoms with E-state index < -0.39 is 0 Å². The number of furan rings is 1. The van der Waals surface area contributed by atoms with Gasteiger partial charge in [0.25, 0.3) is 5.91 Å². The van der Waals surface area contributed by atoms with Crippen molar-refractivity contribution in [3.05, 3.63) is 24.2 Å². The molecule has 0 spiro atoms. The Kier molecular flexibility index (Phi) is 5.17. The average molecular weight is 281 g/mol. The Hall–Kier alpha value is -1.82. The molecule has 2 rings (SSSR count). The molecule has 6 nitrogen and oxygen atoms in total. The summed E-state index contributed by atoms with van der Waals surface area (Å²) in [5, 5.41) is 0. The zero-order chi connectivity index (χ0) is 14.4. The van der Waals surface area contributed by atoms with Crippen LogP contribution in [0.3, 0.4) is 0 Å². The molecule has 2 heterocycles. The van der Waals surface area contributed by atoms with E-state index in [1.54, 1.807) is 17.0 Å². The van der Waals surface area contributed by atoms with Gasteiger partial charge in [0.15, 0.2) is 5.76 Å². The molecule has 1 aliphatic heterocycles. The molecule has 0 saturated carbocycles. The Morgan fingerprint density at radius 1 is 1.50 bits per heavy atom. The van der Waals surface area contributed by atoms with E-state index in [2.05, 4.69) is 4.74 Å². The van der Waals surface area contributed by atoms with Crippen molar-refractivity contribution in [2.24, 2.45) is 0 Å². The highest BCUT2D eigenvalue weighted by Gasteiger charge is 2.25. The Bertz CT molecular complexity index is 436. The fourth-order valence-electron chi connectivity index (χ4n) is 2.19. The molecular weight excluding hydrogens is 262 g/mol. The molecule has 0 aromatic carbocycles. The highest BCUT2D eigenvalue weighted by molar-refractivity contribution is 5.91. The van der Waals surface area contributed by atoms with Crippen molar-refractivity contribution >= 4 is 11.9 Å². The van der Waals surface area contributed by atoms with Crippen molar-refractivity contribution in [3.63, 3.8) is 0 Å². The van der Waals surface area contributed by atoms with Gasteiger partial charge in [-0.05, 0) is 25.0 Å². The van der Waals surface area contributed by atoms with Gasteiger partial charge in [0.1, 0.15) is 0 Å². The Morgan fingerprint density at radius 2 is 2.35 bits per heavy atom. The van der Waals surface area contributed by atoms with Crippen LogP contribution in [0.5, 0.6) is 0 Å². The van der Waals surface area contributed by atoms with E-state index in [0.717, 1.165) is 19.4 Å². The first kappa shape index (κ1) is 14.6. The van der Waals surface area contributed by atoms with E-state index in [0.29, 0.717) is 13.1 Å². The third-order valence-electron chi connectivity index (χ3n) is 3.28. The molecule has 1 fully saturated rings. The second-order valence-corrected chi connectivity index (χ2v) is 4.69. The van der Waals surface area contributed by atoms with Gasteiger partial charge in [-0.3, -0.25) is 9.59 Å². The van der Waals surface area contributed by atoms with Gasteiger partial charge >= 0.3 is 5.97 Å². The zero-order valence-electron chi connectivity index (χ0n) is 11.5. The number of methoxy groups -OCH3 is 1. The second kappa shape index (κ2) is 7.09. The van der Waals surface area contributed by atoms with Crippen LogP contribution in [0.4, 0.5) is 0 Å². The van der Waals surface area contributed by atoms with E-state index in [-0.39, 0.29) is 30.2 Å². The van der Waals surface area contributed by atoms with Gasteiger partial charge in [0.2, 0.25) is 0 Å². The van der Waals surface area contributed by atoms with Gasteiger partial charge < -0.3 is 18.8 Å². The largest absolute Gasteiger partial charge is 0.469 e. The first-order valence-electron chi connectivity index (χ1n) is 6.72. The number of amides is 1. The van der Waals surface area contributed by atoms with Crippen molar-refractivity contribution in [1.29, 1.82) is 0 Å². The number of nitrogens with zero attached hydrogens (tertiary/aromatic N) is 1. The summed E-state index contributed by atoms with van der Waals surface area (Å²) in [7, 11) is 1.33. The predicted octanol–water partition coefficient (Wildman–Crippen LogP) is 1.46. The monoisotopic (exact) mass is 281 g/mol. The third-order valence-corrected chi connectivity index (χ3v) is 3.28. The molecule has 1 aliphatic rings. The molecule has 1 saturated heterocycles. The topological polar surface area (TPSA) is 69.0 Å². The minimum absolute atomic E-state index is 0.0339. The Balaban J connectivity index is 1.98. The summed E-state index contributed by atoms with van der Waals surface area (Å²) in [6.45, 7) is 1.49. The SMILES string of the molecule is COC(=O)CCN(CC1CCCO1)C(=O)c1ccco1. The molecule has 1 unspecified atom stereocenters. The summed E-state index contributed by atoms with van der Waals surface area (Å²) < 4.78 is 15.3. The average Bonchev–Trinajstić information content (AvgIpc) is 3.14. The smallest absolute Gasteiger partial charge is 0.307 e. The van der Waals surface area contributed by atoms with Gasteiger partial charge in [-0.25, -0.2) is 0 Å². The lowest BCUT2D eigenvalue weighted by atomic mass is 10.2. The van der Waals surface area contributed by atoms with Crippen LogP contribution in [0.1, 0.15) is 29.8 Å². The number of hydrogen-bond donors (Lipinski definition) is 0. The lowest BCUT2D eigenvalue weighted by Gasteiger charge is -2.24. The van der Waals surface area contributed by atoms with E-state index >= 15 is 0 Å². The van der Waals surface area contributed by atoms with Crippen molar-refractivity contribution in [1.82, 2.24) is 4.90 Å². The van der Waals surface area contributed by atoms with Gasteiger partial charge in [0, 0.05) is 19.7 Å². The number of hydrogen-bond acceptors (Lipinski definition) is 5. The quantitative estimate of drug-likeness (QED) is 0.738. The highest BCUT2D eigenvalue weighted by atomic mass is 16.5. The van der Waals surface area contributed by atoms with Gasteiger partial charge in [-0.15, -0.1) is 0 Å². The molecule has 1 atom stereocenters. The Labute approximate surface area is 117 Å². The van der Waals surface area contributed by atoms with Crippen LogP contribution in [0.25, 0.3) is 0 Å². The predicted molar refractivity (Wildman–Crippen MR) is 70.2 cm³/mol. The molecule has 0 bridgehead atoms. The summed E-state index contributed by atoms with van der Waals surface area (Å²) in [4.78, 5) is 25.2. The summed E-state index contributed by atoms with van der Waals surface area (Å²) in [5.74, 6) is -0.295. The lowest BCUT2D eigenvalue weighted by Crippen LogP contribution is -2.38. The maximum Gasteiger partial charge on any atom is 0.307 e. The molecule has 1 amide bonds. The first-order valence-corrected chi connectivity index (χ1v) is 6.72. The lowest BCUT2D eigenvalue weighted by molar-refractivity contribution is -0.140. The second-order valence-electron chi connectivity index (χ2n) is 4.69. The van der Waals surface area contributed by atoms with E-state index in [1.807, 2.05) is 0 Å². The maximum absolute atomic E-state index is 12.3. The molecule has 0 N–H and O–H groups in total. The van der Waals surface area contributed by atoms with Gasteiger partial charge in [-0.1, -0.05) is 0 Å². The number of esters is 1. The van der Waals surface area contributed by atoms with Crippen LogP contribution < -0.4 is 0 Å². The minimum Gasteiger partial charge on any atom is -0.469 e. The summed E-state index contributed by atoms with van der Waals surface area (Å²) in [6.07, 6.45) is 3.59. The van der Waals surface area contributed by atoms with Gasteiger partial charge in [-0.2, -0.15) is 0 Å². The number of carbonyl (C=O) groups excluding carboxylic acids is 2.